The number of amides is 1. The molecule has 0 saturated heterocycles. The fourth-order valence-corrected chi connectivity index (χ4v) is 2.80. The molecule has 1 atom stereocenters. The topological polar surface area (TPSA) is 82.8 Å². The van der Waals surface area contributed by atoms with E-state index in [-0.39, 0.29) is 12.7 Å². The van der Waals surface area contributed by atoms with Crippen LogP contribution in [0, 0.1) is 0 Å². The molecule has 2 rings (SSSR count). The van der Waals surface area contributed by atoms with E-state index in [0.717, 1.165) is 11.1 Å². The molecule has 140 valence electrons. The van der Waals surface area contributed by atoms with Gasteiger partial charge < -0.3 is 25.3 Å². The third-order valence-corrected chi connectivity index (χ3v) is 4.04. The minimum Gasteiger partial charge on any atom is -0.493 e. The molecule has 0 spiro atoms. The summed E-state index contributed by atoms with van der Waals surface area (Å²) in [7, 11) is 3.19. The number of hydrogen-bond donors (Lipinski definition) is 2. The lowest BCUT2D eigenvalue weighted by atomic mass is 10.1. The highest BCUT2D eigenvalue weighted by atomic mass is 35.5. The SMILES string of the molecule is COc1cc(CNCC(OC)c2ccccc2)cc(Cl)c1OCC(N)=O. The Balaban J connectivity index is 2.01. The first-order valence-electron chi connectivity index (χ1n) is 8.11. The minimum atomic E-state index is -0.583. The second kappa shape index (κ2) is 10.0. The predicted octanol–water partition coefficient (Wildman–Crippen LogP) is 2.69. The van der Waals surface area contributed by atoms with Gasteiger partial charge in [-0.3, -0.25) is 4.79 Å². The van der Waals surface area contributed by atoms with Crippen LogP contribution in [0.1, 0.15) is 17.2 Å². The maximum absolute atomic E-state index is 10.9. The first-order chi connectivity index (χ1) is 12.5. The number of primary amides is 1. The molecular formula is C19H23ClN2O4. The summed E-state index contributed by atoms with van der Waals surface area (Å²) in [5, 5.41) is 3.70. The number of rotatable bonds is 10. The Hall–Kier alpha value is -2.28. The van der Waals surface area contributed by atoms with Crippen molar-refractivity contribution in [3.8, 4) is 11.5 Å². The van der Waals surface area contributed by atoms with Crippen molar-refractivity contribution in [1.29, 1.82) is 0 Å². The molecule has 1 amide bonds. The van der Waals surface area contributed by atoms with E-state index in [4.69, 9.17) is 31.5 Å². The molecule has 26 heavy (non-hydrogen) atoms. The van der Waals surface area contributed by atoms with Crippen LogP contribution in [0.4, 0.5) is 0 Å². The first kappa shape index (κ1) is 20.0. The summed E-state index contributed by atoms with van der Waals surface area (Å²) < 4.78 is 16.2. The summed E-state index contributed by atoms with van der Waals surface area (Å²) in [4.78, 5) is 10.9. The maximum Gasteiger partial charge on any atom is 0.255 e. The lowest BCUT2D eigenvalue weighted by Gasteiger charge is -2.17. The number of carbonyl (C=O) groups excluding carboxylic acids is 1. The van der Waals surface area contributed by atoms with E-state index in [1.54, 1.807) is 19.2 Å². The first-order valence-corrected chi connectivity index (χ1v) is 8.49. The molecule has 0 aliphatic heterocycles. The number of methoxy groups -OCH3 is 2. The average molecular weight is 379 g/mol. The third kappa shape index (κ3) is 5.62. The summed E-state index contributed by atoms with van der Waals surface area (Å²) in [6.07, 6.45) is -0.0493. The molecule has 6 nitrogen and oxygen atoms in total. The van der Waals surface area contributed by atoms with Crippen molar-refractivity contribution in [3.63, 3.8) is 0 Å². The fraction of sp³-hybridized carbons (Fsp3) is 0.316. The zero-order valence-corrected chi connectivity index (χ0v) is 15.6. The van der Waals surface area contributed by atoms with E-state index >= 15 is 0 Å². The van der Waals surface area contributed by atoms with Gasteiger partial charge in [-0.25, -0.2) is 0 Å². The zero-order valence-electron chi connectivity index (χ0n) is 14.8. The van der Waals surface area contributed by atoms with Crippen molar-refractivity contribution in [2.75, 3.05) is 27.4 Å². The van der Waals surface area contributed by atoms with Crippen molar-refractivity contribution >= 4 is 17.5 Å². The second-order valence-electron chi connectivity index (χ2n) is 5.63. The Morgan fingerprint density at radius 2 is 1.96 bits per heavy atom. The highest BCUT2D eigenvalue weighted by Crippen LogP contribution is 2.36. The Bertz CT molecular complexity index is 725. The Labute approximate surface area is 158 Å². The molecule has 0 fully saturated rings. The van der Waals surface area contributed by atoms with Crippen LogP contribution in [0.5, 0.6) is 11.5 Å². The smallest absolute Gasteiger partial charge is 0.255 e. The lowest BCUT2D eigenvalue weighted by Crippen LogP contribution is -2.22. The van der Waals surface area contributed by atoms with Gasteiger partial charge in [0, 0.05) is 20.2 Å². The van der Waals surface area contributed by atoms with Crippen LogP contribution in [-0.2, 0) is 16.1 Å². The van der Waals surface area contributed by atoms with Crippen LogP contribution in [0.3, 0.4) is 0 Å². The number of halogens is 1. The molecule has 2 aromatic rings. The molecule has 2 aromatic carbocycles. The molecule has 0 saturated carbocycles. The number of hydrogen-bond acceptors (Lipinski definition) is 5. The molecule has 0 aliphatic rings. The minimum absolute atomic E-state index is 0.0493. The van der Waals surface area contributed by atoms with Gasteiger partial charge in [-0.15, -0.1) is 0 Å². The van der Waals surface area contributed by atoms with Gasteiger partial charge in [0.05, 0.1) is 18.2 Å². The second-order valence-corrected chi connectivity index (χ2v) is 6.04. The van der Waals surface area contributed by atoms with Crippen LogP contribution >= 0.6 is 11.6 Å². The van der Waals surface area contributed by atoms with Crippen molar-refractivity contribution in [2.45, 2.75) is 12.6 Å². The van der Waals surface area contributed by atoms with Crippen LogP contribution in [0.2, 0.25) is 5.02 Å². The van der Waals surface area contributed by atoms with Gasteiger partial charge in [-0.05, 0) is 23.3 Å². The Kier molecular flexibility index (Phi) is 7.72. The van der Waals surface area contributed by atoms with E-state index < -0.39 is 5.91 Å². The van der Waals surface area contributed by atoms with Gasteiger partial charge in [0.15, 0.2) is 18.1 Å². The van der Waals surface area contributed by atoms with Crippen molar-refractivity contribution in [3.05, 3.63) is 58.6 Å². The van der Waals surface area contributed by atoms with Crippen LogP contribution in [0.15, 0.2) is 42.5 Å². The summed E-state index contributed by atoms with van der Waals surface area (Å²) in [5.41, 5.74) is 7.12. The van der Waals surface area contributed by atoms with E-state index in [9.17, 15) is 4.79 Å². The molecule has 0 aliphatic carbocycles. The summed E-state index contributed by atoms with van der Waals surface area (Å²) >= 11 is 6.25. The van der Waals surface area contributed by atoms with Crippen LogP contribution < -0.4 is 20.5 Å². The Morgan fingerprint density at radius 3 is 2.58 bits per heavy atom. The molecule has 0 heterocycles. The molecule has 7 heteroatoms. The van der Waals surface area contributed by atoms with E-state index in [0.29, 0.717) is 29.6 Å². The largest absolute Gasteiger partial charge is 0.493 e. The monoisotopic (exact) mass is 378 g/mol. The molecule has 0 aromatic heterocycles. The highest BCUT2D eigenvalue weighted by molar-refractivity contribution is 6.32. The normalized spacial score (nSPS) is 11.8. The Morgan fingerprint density at radius 1 is 1.23 bits per heavy atom. The lowest BCUT2D eigenvalue weighted by molar-refractivity contribution is -0.119. The molecule has 3 N–H and O–H groups in total. The van der Waals surface area contributed by atoms with Gasteiger partial charge in [-0.2, -0.15) is 0 Å². The molecule has 0 radical (unpaired) electrons. The number of nitrogens with one attached hydrogen (secondary N) is 1. The van der Waals surface area contributed by atoms with Gasteiger partial charge in [0.25, 0.3) is 5.91 Å². The van der Waals surface area contributed by atoms with E-state index in [1.165, 1.54) is 7.11 Å². The van der Waals surface area contributed by atoms with Crippen LogP contribution in [-0.4, -0.2) is 33.3 Å². The van der Waals surface area contributed by atoms with Crippen molar-refractivity contribution in [1.82, 2.24) is 5.32 Å². The zero-order chi connectivity index (χ0) is 18.9. The van der Waals surface area contributed by atoms with Gasteiger partial charge >= 0.3 is 0 Å². The quantitative estimate of drug-likeness (QED) is 0.664. The number of ether oxygens (including phenoxy) is 3. The van der Waals surface area contributed by atoms with Gasteiger partial charge in [0.2, 0.25) is 0 Å². The number of nitrogens with two attached hydrogens (primary N) is 1. The molecule has 1 unspecified atom stereocenters. The van der Waals surface area contributed by atoms with Crippen molar-refractivity contribution in [2.24, 2.45) is 5.73 Å². The number of benzene rings is 2. The summed E-state index contributed by atoms with van der Waals surface area (Å²) in [6, 6.07) is 13.6. The van der Waals surface area contributed by atoms with Crippen molar-refractivity contribution < 1.29 is 19.0 Å². The standard InChI is InChI=1S/C19H23ClN2O4/c1-24-16-9-13(8-15(20)19(16)26-12-18(21)23)10-22-11-17(25-2)14-6-4-3-5-7-14/h3-9,17,22H,10-12H2,1-2H3,(H2,21,23). The fourth-order valence-electron chi connectivity index (χ4n) is 2.51. The number of carbonyl (C=O) groups is 1. The van der Waals surface area contributed by atoms with Gasteiger partial charge in [0.1, 0.15) is 0 Å². The highest BCUT2D eigenvalue weighted by Gasteiger charge is 2.14. The van der Waals surface area contributed by atoms with Gasteiger partial charge in [-0.1, -0.05) is 41.9 Å². The van der Waals surface area contributed by atoms with Crippen LogP contribution in [0.25, 0.3) is 0 Å². The third-order valence-electron chi connectivity index (χ3n) is 3.76. The van der Waals surface area contributed by atoms with E-state index in [1.807, 2.05) is 30.3 Å². The molecule has 0 bridgehead atoms. The summed E-state index contributed by atoms with van der Waals surface area (Å²) in [6.45, 7) is 0.944. The maximum atomic E-state index is 10.9. The van der Waals surface area contributed by atoms with E-state index in [2.05, 4.69) is 5.32 Å². The molecular weight excluding hydrogens is 356 g/mol. The average Bonchev–Trinajstić information content (AvgIpc) is 2.64. The summed E-state index contributed by atoms with van der Waals surface area (Å²) in [5.74, 6) is 0.165. The predicted molar refractivity (Wildman–Crippen MR) is 101 cm³/mol.